The van der Waals surface area contributed by atoms with E-state index in [0.29, 0.717) is 12.2 Å². The normalized spacial score (nSPS) is 10.0. The van der Waals surface area contributed by atoms with Crippen LogP contribution < -0.4 is 4.74 Å². The smallest absolute Gasteiger partial charge is 0.302 e. The van der Waals surface area contributed by atoms with Crippen LogP contribution in [0.1, 0.15) is 43.5 Å². The van der Waals surface area contributed by atoms with E-state index in [4.69, 9.17) is 9.47 Å². The molecule has 0 radical (unpaired) electrons. The molecule has 0 amide bonds. The van der Waals surface area contributed by atoms with Crippen LogP contribution in [0.5, 0.6) is 5.75 Å². The van der Waals surface area contributed by atoms with Crippen molar-refractivity contribution in [3.05, 3.63) is 29.8 Å². The van der Waals surface area contributed by atoms with Crippen molar-refractivity contribution in [3.8, 4) is 5.75 Å². The van der Waals surface area contributed by atoms with Crippen LogP contribution >= 0.6 is 0 Å². The van der Waals surface area contributed by atoms with Crippen LogP contribution in [0.3, 0.4) is 0 Å². The van der Waals surface area contributed by atoms with Crippen molar-refractivity contribution in [2.24, 2.45) is 0 Å². The average Bonchev–Trinajstić information content (AvgIpc) is 2.39. The summed E-state index contributed by atoms with van der Waals surface area (Å²) in [6.07, 6.45) is 2.31. The van der Waals surface area contributed by atoms with Gasteiger partial charge in [-0.05, 0) is 30.7 Å². The molecule has 4 heteroatoms. The number of benzene rings is 1. The van der Waals surface area contributed by atoms with Crippen molar-refractivity contribution in [3.63, 3.8) is 0 Å². The lowest BCUT2D eigenvalue weighted by Gasteiger charge is -2.06. The summed E-state index contributed by atoms with van der Waals surface area (Å²) in [6.45, 7) is 4.25. The maximum atomic E-state index is 11.8. The Labute approximate surface area is 113 Å². The van der Waals surface area contributed by atoms with Crippen molar-refractivity contribution in [1.29, 1.82) is 0 Å². The Hall–Kier alpha value is -1.84. The summed E-state index contributed by atoms with van der Waals surface area (Å²) in [5.41, 5.74) is 0.606. The average molecular weight is 264 g/mol. The summed E-state index contributed by atoms with van der Waals surface area (Å²) >= 11 is 0. The molecule has 1 aromatic rings. The number of carbonyl (C=O) groups is 2. The molecule has 19 heavy (non-hydrogen) atoms. The first-order valence-corrected chi connectivity index (χ1v) is 6.53. The maximum Gasteiger partial charge on any atom is 0.302 e. The molecular formula is C15H20O4. The fourth-order valence-electron chi connectivity index (χ4n) is 1.50. The van der Waals surface area contributed by atoms with E-state index in [0.717, 1.165) is 18.6 Å². The fraction of sp³-hybridized carbons (Fsp3) is 0.467. The van der Waals surface area contributed by atoms with Gasteiger partial charge in [0.05, 0.1) is 13.2 Å². The van der Waals surface area contributed by atoms with Gasteiger partial charge in [0, 0.05) is 18.9 Å². The lowest BCUT2D eigenvalue weighted by molar-refractivity contribution is -0.140. The highest BCUT2D eigenvalue weighted by Crippen LogP contribution is 2.14. The molecule has 4 nitrogen and oxygen atoms in total. The van der Waals surface area contributed by atoms with E-state index >= 15 is 0 Å². The number of esters is 1. The molecule has 0 atom stereocenters. The summed E-state index contributed by atoms with van der Waals surface area (Å²) in [5.74, 6) is 0.360. The summed E-state index contributed by atoms with van der Waals surface area (Å²) in [4.78, 5) is 22.3. The second-order valence-corrected chi connectivity index (χ2v) is 4.24. The van der Waals surface area contributed by atoms with Crippen molar-refractivity contribution < 1.29 is 19.1 Å². The second-order valence-electron chi connectivity index (χ2n) is 4.24. The Bertz CT molecular complexity index is 409. The highest BCUT2D eigenvalue weighted by molar-refractivity contribution is 5.96. The van der Waals surface area contributed by atoms with Gasteiger partial charge in [-0.1, -0.05) is 13.3 Å². The van der Waals surface area contributed by atoms with Gasteiger partial charge < -0.3 is 9.47 Å². The molecule has 0 spiro atoms. The van der Waals surface area contributed by atoms with Gasteiger partial charge in [-0.3, -0.25) is 9.59 Å². The zero-order valence-electron chi connectivity index (χ0n) is 11.5. The van der Waals surface area contributed by atoms with Crippen LogP contribution in [0.25, 0.3) is 0 Å². The molecule has 1 rings (SSSR count). The van der Waals surface area contributed by atoms with E-state index < -0.39 is 0 Å². The van der Waals surface area contributed by atoms with E-state index in [9.17, 15) is 9.59 Å². The molecule has 0 aliphatic carbocycles. The lowest BCUT2D eigenvalue weighted by atomic mass is 10.1. The summed E-state index contributed by atoms with van der Waals surface area (Å²) in [5, 5.41) is 0. The number of hydrogen-bond acceptors (Lipinski definition) is 4. The molecule has 0 unspecified atom stereocenters. The lowest BCUT2D eigenvalue weighted by Crippen LogP contribution is -2.07. The van der Waals surface area contributed by atoms with Crippen molar-refractivity contribution in [2.45, 2.75) is 33.1 Å². The molecule has 0 heterocycles. The van der Waals surface area contributed by atoms with E-state index in [1.807, 2.05) is 0 Å². The van der Waals surface area contributed by atoms with Crippen LogP contribution in [0.15, 0.2) is 24.3 Å². The second kappa shape index (κ2) is 8.29. The Balaban J connectivity index is 2.41. The number of carbonyl (C=O) groups excluding carboxylic acids is 2. The van der Waals surface area contributed by atoms with Crippen molar-refractivity contribution >= 4 is 11.8 Å². The molecule has 0 aromatic heterocycles. The fourth-order valence-corrected chi connectivity index (χ4v) is 1.50. The minimum absolute atomic E-state index is 0.0404. The standard InChI is InChI=1S/C15H20O4/c1-3-4-10-19-14-7-5-13(6-8-14)15(17)9-11-18-12(2)16/h5-8H,3-4,9-11H2,1-2H3. The number of rotatable bonds is 8. The zero-order valence-corrected chi connectivity index (χ0v) is 11.5. The van der Waals surface area contributed by atoms with E-state index in [2.05, 4.69) is 6.92 Å². The molecule has 0 aliphatic rings. The Morgan fingerprint density at radius 3 is 2.37 bits per heavy atom. The van der Waals surface area contributed by atoms with Gasteiger partial charge in [0.25, 0.3) is 0 Å². The largest absolute Gasteiger partial charge is 0.494 e. The third-order valence-corrected chi connectivity index (χ3v) is 2.58. The van der Waals surface area contributed by atoms with Crippen LogP contribution in [0.4, 0.5) is 0 Å². The predicted octanol–water partition coefficient (Wildman–Crippen LogP) is 3.00. The van der Waals surface area contributed by atoms with Crippen molar-refractivity contribution in [2.75, 3.05) is 13.2 Å². The Morgan fingerprint density at radius 2 is 1.79 bits per heavy atom. The summed E-state index contributed by atoms with van der Waals surface area (Å²) < 4.78 is 10.3. The topological polar surface area (TPSA) is 52.6 Å². The molecule has 0 saturated heterocycles. The minimum atomic E-state index is -0.368. The van der Waals surface area contributed by atoms with Crippen LogP contribution in [-0.2, 0) is 9.53 Å². The molecule has 104 valence electrons. The monoisotopic (exact) mass is 264 g/mol. The summed E-state index contributed by atoms with van der Waals surface area (Å²) in [7, 11) is 0. The molecular weight excluding hydrogens is 244 g/mol. The molecule has 0 fully saturated rings. The first-order valence-electron chi connectivity index (χ1n) is 6.53. The molecule has 0 bridgehead atoms. The highest BCUT2D eigenvalue weighted by Gasteiger charge is 2.06. The number of unbranched alkanes of at least 4 members (excludes halogenated alkanes) is 1. The number of ketones is 1. The van der Waals surface area contributed by atoms with Crippen molar-refractivity contribution in [1.82, 2.24) is 0 Å². The minimum Gasteiger partial charge on any atom is -0.494 e. The van der Waals surface area contributed by atoms with Gasteiger partial charge in [0.2, 0.25) is 0 Å². The molecule has 0 N–H and O–H groups in total. The third-order valence-electron chi connectivity index (χ3n) is 2.58. The van der Waals surface area contributed by atoms with Gasteiger partial charge in [-0.25, -0.2) is 0 Å². The van der Waals surface area contributed by atoms with Crippen LogP contribution in [0, 0.1) is 0 Å². The SMILES string of the molecule is CCCCOc1ccc(C(=O)CCOC(C)=O)cc1. The molecule has 0 aliphatic heterocycles. The van der Waals surface area contributed by atoms with Gasteiger partial charge in [-0.2, -0.15) is 0 Å². The van der Waals surface area contributed by atoms with E-state index in [1.165, 1.54) is 6.92 Å². The maximum absolute atomic E-state index is 11.8. The Kier molecular flexibility index (Phi) is 6.64. The first kappa shape index (κ1) is 15.2. The molecule has 0 saturated carbocycles. The van der Waals surface area contributed by atoms with Gasteiger partial charge >= 0.3 is 5.97 Å². The number of Topliss-reactive ketones (excluding diaryl/α,β-unsaturated/α-hetero) is 1. The highest BCUT2D eigenvalue weighted by atomic mass is 16.5. The predicted molar refractivity (Wildman–Crippen MR) is 72.4 cm³/mol. The van der Waals surface area contributed by atoms with Crippen LogP contribution in [-0.4, -0.2) is 25.0 Å². The number of hydrogen-bond donors (Lipinski definition) is 0. The van der Waals surface area contributed by atoms with Crippen LogP contribution in [0.2, 0.25) is 0 Å². The Morgan fingerprint density at radius 1 is 1.11 bits per heavy atom. The first-order chi connectivity index (χ1) is 9.13. The zero-order chi connectivity index (χ0) is 14.1. The molecule has 1 aromatic carbocycles. The van der Waals surface area contributed by atoms with E-state index in [-0.39, 0.29) is 24.8 Å². The van der Waals surface area contributed by atoms with Gasteiger partial charge in [0.1, 0.15) is 5.75 Å². The third kappa shape index (κ3) is 6.04. The quantitative estimate of drug-likeness (QED) is 0.411. The number of ether oxygens (including phenoxy) is 2. The van der Waals surface area contributed by atoms with E-state index in [1.54, 1.807) is 24.3 Å². The van der Waals surface area contributed by atoms with Gasteiger partial charge in [0.15, 0.2) is 5.78 Å². The summed E-state index contributed by atoms with van der Waals surface area (Å²) in [6, 6.07) is 7.04. The van der Waals surface area contributed by atoms with Gasteiger partial charge in [-0.15, -0.1) is 0 Å².